The summed E-state index contributed by atoms with van der Waals surface area (Å²) in [5.41, 5.74) is 1.55. The molecule has 24 heavy (non-hydrogen) atoms. The molecular formula is C20H35N3O. The van der Waals surface area contributed by atoms with Gasteiger partial charge >= 0.3 is 0 Å². The molecule has 1 amide bonds. The Kier molecular flexibility index (Phi) is 6.73. The molecule has 0 radical (unpaired) electrons. The van der Waals surface area contributed by atoms with Gasteiger partial charge in [0.15, 0.2) is 0 Å². The van der Waals surface area contributed by atoms with E-state index in [4.69, 9.17) is 0 Å². The molecule has 0 saturated carbocycles. The lowest BCUT2D eigenvalue weighted by atomic mass is 9.93. The van der Waals surface area contributed by atoms with Gasteiger partial charge in [0.1, 0.15) is 0 Å². The molecular weight excluding hydrogens is 298 g/mol. The van der Waals surface area contributed by atoms with Crippen molar-refractivity contribution in [2.75, 3.05) is 39.8 Å². The van der Waals surface area contributed by atoms with Crippen molar-refractivity contribution in [3.05, 3.63) is 11.6 Å². The number of hydrogen-bond acceptors (Lipinski definition) is 3. The molecule has 2 fully saturated rings. The molecule has 4 heteroatoms. The Hall–Kier alpha value is -0.870. The molecule has 0 bridgehead atoms. The first-order valence-corrected chi connectivity index (χ1v) is 10.1. The van der Waals surface area contributed by atoms with Crippen molar-refractivity contribution in [1.29, 1.82) is 0 Å². The van der Waals surface area contributed by atoms with Gasteiger partial charge in [-0.2, -0.15) is 0 Å². The molecule has 0 spiro atoms. The molecule has 4 nitrogen and oxygen atoms in total. The second-order valence-corrected chi connectivity index (χ2v) is 8.02. The highest BCUT2D eigenvalue weighted by Crippen LogP contribution is 2.24. The number of amides is 1. The first kappa shape index (κ1) is 17.9. The van der Waals surface area contributed by atoms with Crippen LogP contribution in [0.1, 0.15) is 57.8 Å². The van der Waals surface area contributed by atoms with Crippen LogP contribution in [0.4, 0.5) is 0 Å². The van der Waals surface area contributed by atoms with Gasteiger partial charge in [-0.25, -0.2) is 0 Å². The summed E-state index contributed by atoms with van der Waals surface area (Å²) in [5.74, 6) is 0.503. The number of carbonyl (C=O) groups excluding carboxylic acids is 1. The fourth-order valence-electron chi connectivity index (χ4n) is 4.53. The van der Waals surface area contributed by atoms with Crippen LogP contribution >= 0.6 is 0 Å². The first-order chi connectivity index (χ1) is 11.7. The predicted molar refractivity (Wildman–Crippen MR) is 99.0 cm³/mol. The fraction of sp³-hybridized carbons (Fsp3) is 0.850. The number of piperidine rings is 2. The van der Waals surface area contributed by atoms with E-state index >= 15 is 0 Å². The minimum Gasteiger partial charge on any atom is -0.356 e. The lowest BCUT2D eigenvalue weighted by Crippen LogP contribution is -2.50. The third-order valence-corrected chi connectivity index (χ3v) is 6.16. The maximum atomic E-state index is 12.6. The standard InChI is InChI=1S/C20H35N3O/c1-22-14-10-19(11-15-22)23-13-5-8-18(16-23)20(24)21-12-9-17-6-3-2-4-7-17/h6,18-19H,2-5,7-16H2,1H3,(H,21,24)/t18-/m1/s1. The van der Waals surface area contributed by atoms with Crippen molar-refractivity contribution in [3.63, 3.8) is 0 Å². The monoisotopic (exact) mass is 333 g/mol. The summed E-state index contributed by atoms with van der Waals surface area (Å²) >= 11 is 0. The number of rotatable bonds is 5. The zero-order valence-corrected chi connectivity index (χ0v) is 15.4. The van der Waals surface area contributed by atoms with Gasteiger partial charge in [-0.3, -0.25) is 9.69 Å². The van der Waals surface area contributed by atoms with E-state index < -0.39 is 0 Å². The molecule has 1 atom stereocenters. The second-order valence-electron chi connectivity index (χ2n) is 8.02. The predicted octanol–water partition coefficient (Wildman–Crippen LogP) is 2.80. The smallest absolute Gasteiger partial charge is 0.224 e. The van der Waals surface area contributed by atoms with Crippen molar-refractivity contribution in [1.82, 2.24) is 15.1 Å². The summed E-state index contributed by atoms with van der Waals surface area (Å²) in [6, 6.07) is 0.698. The molecule has 1 aliphatic carbocycles. The number of allylic oxidation sites excluding steroid dienone is 1. The zero-order chi connectivity index (χ0) is 16.8. The average Bonchev–Trinajstić information content (AvgIpc) is 2.63. The van der Waals surface area contributed by atoms with Crippen molar-refractivity contribution in [3.8, 4) is 0 Å². The third-order valence-electron chi connectivity index (χ3n) is 6.16. The highest BCUT2D eigenvalue weighted by atomic mass is 16.1. The number of likely N-dealkylation sites (tertiary alicyclic amines) is 2. The van der Waals surface area contributed by atoms with Gasteiger partial charge in [-0.1, -0.05) is 11.6 Å². The Morgan fingerprint density at radius 1 is 1.17 bits per heavy atom. The lowest BCUT2D eigenvalue weighted by molar-refractivity contribution is -0.127. The van der Waals surface area contributed by atoms with Gasteiger partial charge < -0.3 is 10.2 Å². The summed E-state index contributed by atoms with van der Waals surface area (Å²) < 4.78 is 0. The SMILES string of the molecule is CN1CCC(N2CCC[C@@H](C(=O)NCCC3=CCCCC3)C2)CC1. The van der Waals surface area contributed by atoms with Crippen LogP contribution in [-0.2, 0) is 4.79 Å². The van der Waals surface area contributed by atoms with Gasteiger partial charge in [-0.05, 0) is 84.5 Å². The molecule has 3 rings (SSSR count). The topological polar surface area (TPSA) is 35.6 Å². The molecule has 2 heterocycles. The summed E-state index contributed by atoms with van der Waals surface area (Å²) in [4.78, 5) is 17.6. The molecule has 0 aromatic heterocycles. The average molecular weight is 334 g/mol. The molecule has 0 unspecified atom stereocenters. The number of nitrogens with one attached hydrogen (secondary N) is 1. The van der Waals surface area contributed by atoms with Crippen LogP contribution in [0.5, 0.6) is 0 Å². The minimum absolute atomic E-state index is 0.207. The maximum absolute atomic E-state index is 12.6. The van der Waals surface area contributed by atoms with Crippen molar-refractivity contribution < 1.29 is 4.79 Å². The molecule has 136 valence electrons. The van der Waals surface area contributed by atoms with Crippen LogP contribution in [-0.4, -0.2) is 61.5 Å². The van der Waals surface area contributed by atoms with Gasteiger partial charge in [-0.15, -0.1) is 0 Å². The zero-order valence-electron chi connectivity index (χ0n) is 15.4. The van der Waals surface area contributed by atoms with Crippen LogP contribution in [0, 0.1) is 5.92 Å². The quantitative estimate of drug-likeness (QED) is 0.786. The van der Waals surface area contributed by atoms with Crippen molar-refractivity contribution in [2.24, 2.45) is 5.92 Å². The largest absolute Gasteiger partial charge is 0.356 e. The molecule has 1 N–H and O–H groups in total. The number of hydrogen-bond donors (Lipinski definition) is 1. The molecule has 2 aliphatic heterocycles. The normalized spacial score (nSPS) is 27.7. The number of carbonyl (C=O) groups is 1. The Morgan fingerprint density at radius 3 is 2.75 bits per heavy atom. The van der Waals surface area contributed by atoms with Crippen LogP contribution in [0.3, 0.4) is 0 Å². The number of nitrogens with zero attached hydrogens (tertiary/aromatic N) is 2. The van der Waals surface area contributed by atoms with Crippen LogP contribution in [0.25, 0.3) is 0 Å². The molecule has 0 aromatic rings. The van der Waals surface area contributed by atoms with E-state index in [1.165, 1.54) is 64.6 Å². The van der Waals surface area contributed by atoms with Crippen molar-refractivity contribution in [2.45, 2.75) is 63.8 Å². The van der Waals surface area contributed by atoms with E-state index in [1.54, 1.807) is 5.57 Å². The Bertz CT molecular complexity index is 440. The Morgan fingerprint density at radius 2 is 2.00 bits per heavy atom. The second kappa shape index (κ2) is 9.00. The Balaban J connectivity index is 1.40. The van der Waals surface area contributed by atoms with E-state index in [9.17, 15) is 4.79 Å². The van der Waals surface area contributed by atoms with Crippen LogP contribution < -0.4 is 5.32 Å². The van der Waals surface area contributed by atoms with E-state index in [1.807, 2.05) is 0 Å². The van der Waals surface area contributed by atoms with Gasteiger partial charge in [0.25, 0.3) is 0 Å². The summed E-state index contributed by atoms with van der Waals surface area (Å²) in [7, 11) is 2.21. The maximum Gasteiger partial charge on any atom is 0.224 e. The van der Waals surface area contributed by atoms with Gasteiger partial charge in [0, 0.05) is 19.1 Å². The molecule has 3 aliphatic rings. The van der Waals surface area contributed by atoms with Gasteiger partial charge in [0.2, 0.25) is 5.91 Å². The van der Waals surface area contributed by atoms with Crippen LogP contribution in [0.15, 0.2) is 11.6 Å². The lowest BCUT2D eigenvalue weighted by Gasteiger charge is -2.41. The van der Waals surface area contributed by atoms with Crippen LogP contribution in [0.2, 0.25) is 0 Å². The molecule has 2 saturated heterocycles. The summed E-state index contributed by atoms with van der Waals surface area (Å²) in [6.45, 7) is 5.39. The molecule has 0 aromatic carbocycles. The van der Waals surface area contributed by atoms with E-state index in [0.717, 1.165) is 25.9 Å². The van der Waals surface area contributed by atoms with Crippen molar-refractivity contribution >= 4 is 5.91 Å². The Labute approximate surface area is 147 Å². The van der Waals surface area contributed by atoms with E-state index in [2.05, 4.69) is 28.2 Å². The summed E-state index contributed by atoms with van der Waals surface area (Å²) in [6.07, 6.45) is 13.3. The van der Waals surface area contributed by atoms with E-state index in [-0.39, 0.29) is 5.92 Å². The highest BCUT2D eigenvalue weighted by molar-refractivity contribution is 5.79. The first-order valence-electron chi connectivity index (χ1n) is 10.1. The summed E-state index contributed by atoms with van der Waals surface area (Å²) in [5, 5.41) is 3.22. The highest BCUT2D eigenvalue weighted by Gasteiger charge is 2.30. The minimum atomic E-state index is 0.207. The van der Waals surface area contributed by atoms with E-state index in [0.29, 0.717) is 11.9 Å². The third kappa shape index (κ3) is 5.06. The van der Waals surface area contributed by atoms with Gasteiger partial charge in [0.05, 0.1) is 5.92 Å². The fourth-order valence-corrected chi connectivity index (χ4v) is 4.53.